The Morgan fingerprint density at radius 2 is 2.00 bits per heavy atom. The van der Waals surface area contributed by atoms with E-state index in [1.165, 1.54) is 18.4 Å². The smallest absolute Gasteiger partial charge is 0.0547 e. The predicted molar refractivity (Wildman–Crippen MR) is 83.5 cm³/mol. The van der Waals surface area contributed by atoms with E-state index in [1.807, 2.05) is 12.3 Å². The van der Waals surface area contributed by atoms with Crippen molar-refractivity contribution >= 4 is 0 Å². The average molecular weight is 282 g/mol. The second-order valence-electron chi connectivity index (χ2n) is 5.81. The molecule has 0 aromatic carbocycles. The maximum Gasteiger partial charge on any atom is 0.0547 e. The third-order valence-corrected chi connectivity index (χ3v) is 3.62. The molecule has 2 heterocycles. The van der Waals surface area contributed by atoms with Gasteiger partial charge in [0.2, 0.25) is 0 Å². The van der Waals surface area contributed by atoms with Gasteiger partial charge in [0.1, 0.15) is 0 Å². The van der Waals surface area contributed by atoms with Crippen LogP contribution in [0.15, 0.2) is 42.7 Å². The summed E-state index contributed by atoms with van der Waals surface area (Å²) in [6.07, 6.45) is 6.35. The standard InChI is InChI=1S/C17H22N4/c1-21(12-14-4-3-9-18-10-14)13-17-6-2-5-16(20-17)11-19-15-7-8-15/h2-6,9-10,15,19H,7-8,11-13H2,1H3. The fourth-order valence-corrected chi connectivity index (χ4v) is 2.39. The van der Waals surface area contributed by atoms with Crippen molar-refractivity contribution in [2.75, 3.05) is 7.05 Å². The van der Waals surface area contributed by atoms with Gasteiger partial charge >= 0.3 is 0 Å². The van der Waals surface area contributed by atoms with Gasteiger partial charge in [-0.15, -0.1) is 0 Å². The van der Waals surface area contributed by atoms with Gasteiger partial charge in [0, 0.05) is 38.1 Å². The molecule has 2 aromatic heterocycles. The lowest BCUT2D eigenvalue weighted by atomic mass is 10.2. The van der Waals surface area contributed by atoms with E-state index in [4.69, 9.17) is 4.98 Å². The largest absolute Gasteiger partial charge is 0.308 e. The molecule has 2 aromatic rings. The molecule has 1 aliphatic rings. The Morgan fingerprint density at radius 3 is 2.76 bits per heavy atom. The lowest BCUT2D eigenvalue weighted by Crippen LogP contribution is -2.20. The first-order valence-electron chi connectivity index (χ1n) is 7.55. The molecule has 0 bridgehead atoms. The van der Waals surface area contributed by atoms with Gasteiger partial charge in [-0.05, 0) is 43.7 Å². The number of hydrogen-bond donors (Lipinski definition) is 1. The Hall–Kier alpha value is -1.78. The third kappa shape index (κ3) is 4.62. The highest BCUT2D eigenvalue weighted by Crippen LogP contribution is 2.19. The molecule has 1 aliphatic carbocycles. The summed E-state index contributed by atoms with van der Waals surface area (Å²) in [4.78, 5) is 11.2. The van der Waals surface area contributed by atoms with Crippen molar-refractivity contribution in [3.8, 4) is 0 Å². The number of rotatable bonds is 7. The van der Waals surface area contributed by atoms with Crippen molar-refractivity contribution in [3.63, 3.8) is 0 Å². The van der Waals surface area contributed by atoms with Gasteiger partial charge < -0.3 is 5.32 Å². The van der Waals surface area contributed by atoms with Crippen LogP contribution in [-0.4, -0.2) is 28.0 Å². The van der Waals surface area contributed by atoms with Crippen LogP contribution >= 0.6 is 0 Å². The lowest BCUT2D eigenvalue weighted by molar-refractivity contribution is 0.314. The van der Waals surface area contributed by atoms with E-state index < -0.39 is 0 Å². The minimum Gasteiger partial charge on any atom is -0.308 e. The Bertz CT molecular complexity index is 566. The molecule has 0 amide bonds. The molecule has 0 atom stereocenters. The average Bonchev–Trinajstić information content (AvgIpc) is 3.31. The topological polar surface area (TPSA) is 41.1 Å². The first-order valence-corrected chi connectivity index (χ1v) is 7.55. The van der Waals surface area contributed by atoms with E-state index in [0.717, 1.165) is 37.1 Å². The lowest BCUT2D eigenvalue weighted by Gasteiger charge is -2.16. The maximum atomic E-state index is 4.73. The second kappa shape index (κ2) is 6.78. The van der Waals surface area contributed by atoms with Gasteiger partial charge in [-0.2, -0.15) is 0 Å². The van der Waals surface area contributed by atoms with E-state index in [-0.39, 0.29) is 0 Å². The molecule has 0 aliphatic heterocycles. The van der Waals surface area contributed by atoms with Gasteiger partial charge in [0.25, 0.3) is 0 Å². The number of nitrogens with one attached hydrogen (secondary N) is 1. The maximum absolute atomic E-state index is 4.73. The monoisotopic (exact) mass is 282 g/mol. The molecule has 1 N–H and O–H groups in total. The van der Waals surface area contributed by atoms with Crippen LogP contribution in [0.4, 0.5) is 0 Å². The van der Waals surface area contributed by atoms with Crippen molar-refractivity contribution in [2.24, 2.45) is 0 Å². The number of hydrogen-bond acceptors (Lipinski definition) is 4. The zero-order valence-electron chi connectivity index (χ0n) is 12.5. The summed E-state index contributed by atoms with van der Waals surface area (Å²) in [7, 11) is 2.11. The zero-order chi connectivity index (χ0) is 14.5. The zero-order valence-corrected chi connectivity index (χ0v) is 12.5. The highest BCUT2D eigenvalue weighted by Gasteiger charge is 2.20. The number of aromatic nitrogens is 2. The van der Waals surface area contributed by atoms with Crippen molar-refractivity contribution in [3.05, 3.63) is 59.7 Å². The van der Waals surface area contributed by atoms with Crippen LogP contribution in [0, 0.1) is 0 Å². The Balaban J connectivity index is 1.54. The minimum absolute atomic E-state index is 0.726. The quantitative estimate of drug-likeness (QED) is 0.846. The first-order chi connectivity index (χ1) is 10.3. The molecule has 110 valence electrons. The number of pyridine rings is 2. The highest BCUT2D eigenvalue weighted by atomic mass is 15.1. The summed E-state index contributed by atoms with van der Waals surface area (Å²) in [5.74, 6) is 0. The normalized spacial score (nSPS) is 14.6. The molecule has 21 heavy (non-hydrogen) atoms. The van der Waals surface area contributed by atoms with E-state index in [1.54, 1.807) is 6.20 Å². The van der Waals surface area contributed by atoms with Crippen LogP contribution in [0.5, 0.6) is 0 Å². The SMILES string of the molecule is CN(Cc1cccnc1)Cc1cccc(CNC2CC2)n1. The number of nitrogens with zero attached hydrogens (tertiary/aromatic N) is 3. The first kappa shape index (κ1) is 14.2. The van der Waals surface area contributed by atoms with Crippen molar-refractivity contribution in [2.45, 2.75) is 38.5 Å². The minimum atomic E-state index is 0.726. The van der Waals surface area contributed by atoms with Crippen LogP contribution in [0.3, 0.4) is 0 Å². The van der Waals surface area contributed by atoms with Crippen molar-refractivity contribution in [1.82, 2.24) is 20.2 Å². The molecule has 1 saturated carbocycles. The third-order valence-electron chi connectivity index (χ3n) is 3.62. The summed E-state index contributed by atoms with van der Waals surface area (Å²) in [6, 6.07) is 11.1. The fourth-order valence-electron chi connectivity index (χ4n) is 2.39. The van der Waals surface area contributed by atoms with Crippen LogP contribution in [0.2, 0.25) is 0 Å². The summed E-state index contributed by atoms with van der Waals surface area (Å²) >= 11 is 0. The Morgan fingerprint density at radius 1 is 1.14 bits per heavy atom. The molecule has 0 saturated heterocycles. The van der Waals surface area contributed by atoms with Crippen molar-refractivity contribution in [1.29, 1.82) is 0 Å². The van der Waals surface area contributed by atoms with Gasteiger partial charge in [-0.3, -0.25) is 14.9 Å². The van der Waals surface area contributed by atoms with Gasteiger partial charge in [-0.25, -0.2) is 0 Å². The van der Waals surface area contributed by atoms with Crippen LogP contribution in [0.25, 0.3) is 0 Å². The summed E-state index contributed by atoms with van der Waals surface area (Å²) < 4.78 is 0. The van der Waals surface area contributed by atoms with Gasteiger partial charge in [0.05, 0.1) is 11.4 Å². The van der Waals surface area contributed by atoms with Crippen LogP contribution in [0.1, 0.15) is 29.8 Å². The van der Waals surface area contributed by atoms with Crippen molar-refractivity contribution < 1.29 is 0 Å². The predicted octanol–water partition coefficient (Wildman–Crippen LogP) is 2.36. The van der Waals surface area contributed by atoms with Gasteiger partial charge in [-0.1, -0.05) is 12.1 Å². The second-order valence-corrected chi connectivity index (χ2v) is 5.81. The molecule has 0 unspecified atom stereocenters. The van der Waals surface area contributed by atoms with E-state index >= 15 is 0 Å². The van der Waals surface area contributed by atoms with Gasteiger partial charge in [0.15, 0.2) is 0 Å². The van der Waals surface area contributed by atoms with Crippen LogP contribution < -0.4 is 5.32 Å². The molecule has 1 fully saturated rings. The summed E-state index contributed by atoms with van der Waals surface area (Å²) in [6.45, 7) is 2.62. The Labute approximate surface area is 126 Å². The summed E-state index contributed by atoms with van der Waals surface area (Å²) in [5.41, 5.74) is 3.48. The van der Waals surface area contributed by atoms with E-state index in [2.05, 4.69) is 46.5 Å². The summed E-state index contributed by atoms with van der Waals surface area (Å²) in [5, 5.41) is 3.51. The molecule has 0 radical (unpaired) electrons. The molecular formula is C17H22N4. The van der Waals surface area contributed by atoms with E-state index in [9.17, 15) is 0 Å². The molecule has 4 heteroatoms. The fraction of sp³-hybridized carbons (Fsp3) is 0.412. The molecule has 3 rings (SSSR count). The molecule has 0 spiro atoms. The molecule has 4 nitrogen and oxygen atoms in total. The van der Waals surface area contributed by atoms with Crippen LogP contribution in [-0.2, 0) is 19.6 Å². The highest BCUT2D eigenvalue weighted by molar-refractivity contribution is 5.12. The van der Waals surface area contributed by atoms with E-state index in [0.29, 0.717) is 0 Å². The molecular weight excluding hydrogens is 260 g/mol. The Kier molecular flexibility index (Phi) is 4.58.